The summed E-state index contributed by atoms with van der Waals surface area (Å²) in [4.78, 5) is 26.4. The predicted octanol–water partition coefficient (Wildman–Crippen LogP) is 2.84. The zero-order valence-corrected chi connectivity index (χ0v) is 14.0. The molecule has 1 saturated heterocycles. The average molecular weight is 337 g/mol. The third-order valence-electron chi connectivity index (χ3n) is 4.68. The fraction of sp³-hybridized carbons (Fsp3) is 0.300. The van der Waals surface area contributed by atoms with Gasteiger partial charge in [0.1, 0.15) is 0 Å². The first-order chi connectivity index (χ1) is 12.1. The molecule has 0 bridgehead atoms. The van der Waals surface area contributed by atoms with E-state index < -0.39 is 0 Å². The van der Waals surface area contributed by atoms with Gasteiger partial charge in [0.25, 0.3) is 0 Å². The number of ether oxygens (including phenoxy) is 2. The van der Waals surface area contributed by atoms with E-state index in [0.29, 0.717) is 17.9 Å². The summed E-state index contributed by atoms with van der Waals surface area (Å²) in [6.45, 7) is 2.51. The van der Waals surface area contributed by atoms with E-state index in [1.807, 2.05) is 43.3 Å². The number of likely N-dealkylation sites (tertiary alicyclic amines) is 1. The van der Waals surface area contributed by atoms with Gasteiger partial charge in [-0.2, -0.15) is 0 Å². The van der Waals surface area contributed by atoms with Crippen LogP contribution in [0, 0.1) is 12.8 Å². The maximum atomic E-state index is 12.7. The second-order valence-corrected chi connectivity index (χ2v) is 6.60. The zero-order chi connectivity index (χ0) is 17.4. The normalized spacial score (nSPS) is 18.9. The molecule has 1 atom stereocenters. The monoisotopic (exact) mass is 337 g/mol. The van der Waals surface area contributed by atoms with Crippen LogP contribution in [0.5, 0.6) is 11.5 Å². The molecule has 5 heteroatoms. The average Bonchev–Trinajstić information content (AvgIpc) is 3.15. The third kappa shape index (κ3) is 3.09. The van der Waals surface area contributed by atoms with Crippen molar-refractivity contribution in [2.75, 3.05) is 6.79 Å². The molecular weight excluding hydrogens is 318 g/mol. The molecule has 1 unspecified atom stereocenters. The minimum absolute atomic E-state index is 0.0934. The molecule has 2 aliphatic heterocycles. The Morgan fingerprint density at radius 2 is 1.88 bits per heavy atom. The third-order valence-corrected chi connectivity index (χ3v) is 4.68. The van der Waals surface area contributed by atoms with Gasteiger partial charge in [-0.1, -0.05) is 35.9 Å². The molecule has 0 saturated carbocycles. The molecule has 25 heavy (non-hydrogen) atoms. The molecule has 2 amide bonds. The lowest BCUT2D eigenvalue weighted by molar-refractivity contribution is -0.140. The summed E-state index contributed by atoms with van der Waals surface area (Å²) in [5.41, 5.74) is 3.12. The Hall–Kier alpha value is -2.82. The van der Waals surface area contributed by atoms with E-state index in [0.717, 1.165) is 16.7 Å². The van der Waals surface area contributed by atoms with Gasteiger partial charge in [-0.25, -0.2) is 0 Å². The minimum Gasteiger partial charge on any atom is -0.454 e. The number of nitrogens with zero attached hydrogens (tertiary/aromatic N) is 1. The topological polar surface area (TPSA) is 55.8 Å². The quantitative estimate of drug-likeness (QED) is 0.805. The lowest BCUT2D eigenvalue weighted by Gasteiger charge is -2.15. The standard InChI is InChI=1S/C20H19NO4/c1-13-3-2-4-14(7-13)8-16-10-19(22)21(20(16)23)11-15-5-6-17-18(9-15)25-12-24-17/h2-7,9,16H,8,10-12H2,1H3. The van der Waals surface area contributed by atoms with Crippen molar-refractivity contribution in [2.45, 2.75) is 26.3 Å². The molecule has 0 N–H and O–H groups in total. The number of imide groups is 1. The van der Waals surface area contributed by atoms with E-state index in [4.69, 9.17) is 9.47 Å². The molecule has 0 aromatic heterocycles. The van der Waals surface area contributed by atoms with Crippen LogP contribution in [0.2, 0.25) is 0 Å². The van der Waals surface area contributed by atoms with Gasteiger partial charge in [0.15, 0.2) is 11.5 Å². The van der Waals surface area contributed by atoms with E-state index in [9.17, 15) is 9.59 Å². The summed E-state index contributed by atoms with van der Waals surface area (Å²) in [5.74, 6) is 0.876. The molecule has 0 aliphatic carbocycles. The summed E-state index contributed by atoms with van der Waals surface area (Å²) in [5, 5.41) is 0. The Kier molecular flexibility index (Phi) is 3.92. The number of rotatable bonds is 4. The Balaban J connectivity index is 1.47. The van der Waals surface area contributed by atoms with Gasteiger partial charge in [-0.3, -0.25) is 14.5 Å². The Bertz CT molecular complexity index is 845. The largest absolute Gasteiger partial charge is 0.454 e. The van der Waals surface area contributed by atoms with Gasteiger partial charge in [0, 0.05) is 6.42 Å². The van der Waals surface area contributed by atoms with E-state index in [1.165, 1.54) is 4.90 Å². The molecule has 1 fully saturated rings. The van der Waals surface area contributed by atoms with Crippen molar-refractivity contribution in [1.82, 2.24) is 4.90 Å². The second kappa shape index (κ2) is 6.24. The van der Waals surface area contributed by atoms with Crippen molar-refractivity contribution in [2.24, 2.45) is 5.92 Å². The lowest BCUT2D eigenvalue weighted by atomic mass is 9.97. The number of carbonyl (C=O) groups excluding carboxylic acids is 2. The van der Waals surface area contributed by atoms with Crippen molar-refractivity contribution >= 4 is 11.8 Å². The highest BCUT2D eigenvalue weighted by atomic mass is 16.7. The van der Waals surface area contributed by atoms with E-state index in [-0.39, 0.29) is 37.5 Å². The van der Waals surface area contributed by atoms with Crippen LogP contribution in [-0.4, -0.2) is 23.5 Å². The highest BCUT2D eigenvalue weighted by molar-refractivity contribution is 6.03. The molecule has 5 nitrogen and oxygen atoms in total. The van der Waals surface area contributed by atoms with Gasteiger partial charge in [-0.05, 0) is 36.6 Å². The molecule has 2 heterocycles. The molecular formula is C20H19NO4. The van der Waals surface area contributed by atoms with E-state index >= 15 is 0 Å². The van der Waals surface area contributed by atoms with Crippen molar-refractivity contribution in [3.05, 3.63) is 59.2 Å². The molecule has 4 rings (SSSR count). The number of hydrogen-bond acceptors (Lipinski definition) is 4. The van der Waals surface area contributed by atoms with Crippen LogP contribution in [-0.2, 0) is 22.6 Å². The fourth-order valence-corrected chi connectivity index (χ4v) is 3.42. The number of fused-ring (bicyclic) bond motifs is 1. The predicted molar refractivity (Wildman–Crippen MR) is 91.1 cm³/mol. The molecule has 2 aromatic rings. The summed E-state index contributed by atoms with van der Waals surface area (Å²) < 4.78 is 10.6. The van der Waals surface area contributed by atoms with Crippen LogP contribution >= 0.6 is 0 Å². The number of benzene rings is 2. The highest BCUT2D eigenvalue weighted by Crippen LogP contribution is 2.33. The lowest BCUT2D eigenvalue weighted by Crippen LogP contribution is -2.30. The van der Waals surface area contributed by atoms with Gasteiger partial charge in [-0.15, -0.1) is 0 Å². The maximum Gasteiger partial charge on any atom is 0.233 e. The molecule has 0 radical (unpaired) electrons. The fourth-order valence-electron chi connectivity index (χ4n) is 3.42. The number of hydrogen-bond donors (Lipinski definition) is 0. The highest BCUT2D eigenvalue weighted by Gasteiger charge is 2.38. The number of aryl methyl sites for hydroxylation is 1. The van der Waals surface area contributed by atoms with E-state index in [2.05, 4.69) is 6.07 Å². The Morgan fingerprint density at radius 1 is 1.04 bits per heavy atom. The van der Waals surface area contributed by atoms with Gasteiger partial charge >= 0.3 is 0 Å². The van der Waals surface area contributed by atoms with Crippen molar-refractivity contribution < 1.29 is 19.1 Å². The van der Waals surface area contributed by atoms with Gasteiger partial charge in [0.05, 0.1) is 12.5 Å². The Labute approximate surface area is 146 Å². The van der Waals surface area contributed by atoms with Crippen LogP contribution < -0.4 is 9.47 Å². The summed E-state index contributed by atoms with van der Waals surface area (Å²) in [6.07, 6.45) is 0.876. The minimum atomic E-state index is -0.275. The zero-order valence-electron chi connectivity index (χ0n) is 14.0. The number of carbonyl (C=O) groups is 2. The Morgan fingerprint density at radius 3 is 2.72 bits per heavy atom. The van der Waals surface area contributed by atoms with Gasteiger partial charge < -0.3 is 9.47 Å². The molecule has 2 aliphatic rings. The van der Waals surface area contributed by atoms with Crippen LogP contribution in [0.4, 0.5) is 0 Å². The molecule has 128 valence electrons. The van der Waals surface area contributed by atoms with Crippen LogP contribution in [0.25, 0.3) is 0 Å². The summed E-state index contributed by atoms with van der Waals surface area (Å²) in [6, 6.07) is 13.6. The van der Waals surface area contributed by atoms with Crippen LogP contribution in [0.3, 0.4) is 0 Å². The maximum absolute atomic E-state index is 12.7. The van der Waals surface area contributed by atoms with Crippen LogP contribution in [0.1, 0.15) is 23.1 Å². The smallest absolute Gasteiger partial charge is 0.233 e. The first kappa shape index (κ1) is 15.7. The van der Waals surface area contributed by atoms with Gasteiger partial charge in [0.2, 0.25) is 18.6 Å². The van der Waals surface area contributed by atoms with Crippen molar-refractivity contribution in [1.29, 1.82) is 0 Å². The molecule has 2 aromatic carbocycles. The van der Waals surface area contributed by atoms with Crippen molar-refractivity contribution in [3.63, 3.8) is 0 Å². The summed E-state index contributed by atoms with van der Waals surface area (Å²) >= 11 is 0. The van der Waals surface area contributed by atoms with Crippen molar-refractivity contribution in [3.8, 4) is 11.5 Å². The SMILES string of the molecule is Cc1cccc(CC2CC(=O)N(Cc3ccc4c(c3)OCO4)C2=O)c1. The van der Waals surface area contributed by atoms with Crippen LogP contribution in [0.15, 0.2) is 42.5 Å². The number of amides is 2. The summed E-state index contributed by atoms with van der Waals surface area (Å²) in [7, 11) is 0. The first-order valence-corrected chi connectivity index (χ1v) is 8.38. The second-order valence-electron chi connectivity index (χ2n) is 6.60. The first-order valence-electron chi connectivity index (χ1n) is 8.38. The van der Waals surface area contributed by atoms with E-state index in [1.54, 1.807) is 0 Å². The molecule has 0 spiro atoms.